The van der Waals surface area contributed by atoms with Crippen LogP contribution in [0, 0.1) is 5.92 Å². The Morgan fingerprint density at radius 3 is 2.04 bits per heavy atom. The van der Waals surface area contributed by atoms with Crippen LogP contribution in [0.25, 0.3) is 55.1 Å². The molecule has 3 aliphatic rings. The molecule has 1 atom stereocenters. The van der Waals surface area contributed by atoms with E-state index >= 15 is 0 Å². The minimum Gasteiger partial charge on any atom is -0.0840 e. The molecule has 1 heterocycles. The van der Waals surface area contributed by atoms with Gasteiger partial charge in [0.15, 0.2) is 0 Å². The van der Waals surface area contributed by atoms with Crippen molar-refractivity contribution in [2.75, 3.05) is 0 Å². The highest BCUT2D eigenvalue weighted by Crippen LogP contribution is 2.56. The summed E-state index contributed by atoms with van der Waals surface area (Å²) in [5.41, 5.74) is 15.6. The fourth-order valence-corrected chi connectivity index (χ4v) is 13.7. The summed E-state index contributed by atoms with van der Waals surface area (Å²) in [4.78, 5) is 0. The number of fused-ring (bicyclic) bond motifs is 4. The Hall–Kier alpha value is -4.17. The van der Waals surface area contributed by atoms with Gasteiger partial charge in [-0.1, -0.05) is 153 Å². The number of hydrogen-bond acceptors (Lipinski definition) is 0. The van der Waals surface area contributed by atoms with Crippen molar-refractivity contribution in [3.63, 3.8) is 0 Å². The van der Waals surface area contributed by atoms with Gasteiger partial charge in [0.1, 0.15) is 8.07 Å². The Labute approximate surface area is 278 Å². The molecule has 0 fully saturated rings. The summed E-state index contributed by atoms with van der Waals surface area (Å²) in [5, 5.41) is 9.41. The molecular weight excluding hydrogens is 592 g/mol. The van der Waals surface area contributed by atoms with Crippen LogP contribution in [0.15, 0.2) is 114 Å². The molecule has 1 aliphatic heterocycles. The van der Waals surface area contributed by atoms with Gasteiger partial charge < -0.3 is 0 Å². The molecule has 0 saturated carbocycles. The molecule has 6 aromatic rings. The molecule has 9 rings (SSSR count). The van der Waals surface area contributed by atoms with Crippen LogP contribution < -0.4 is 5.19 Å². The van der Waals surface area contributed by atoms with Crippen LogP contribution in [0.5, 0.6) is 0 Å². The van der Waals surface area contributed by atoms with E-state index in [2.05, 4.69) is 143 Å². The predicted octanol–water partition coefficient (Wildman–Crippen LogP) is 12.0. The third-order valence-corrected chi connectivity index (χ3v) is 15.1. The Kier molecular flexibility index (Phi) is 6.05. The van der Waals surface area contributed by atoms with Gasteiger partial charge in [-0.3, -0.25) is 0 Å². The molecule has 0 spiro atoms. The summed E-state index contributed by atoms with van der Waals surface area (Å²) in [6.07, 6.45) is 3.50. The average molecular weight is 629 g/mol. The maximum atomic E-state index is 7.29. The molecular formula is C44H37ClSi. The molecule has 6 aromatic carbocycles. The van der Waals surface area contributed by atoms with Crippen LogP contribution in [-0.4, -0.2) is 8.07 Å². The average Bonchev–Trinajstić information content (AvgIpc) is 3.67. The number of hydrogen-bond donors (Lipinski definition) is 0. The smallest absolute Gasteiger partial charge is 0.0840 e. The molecule has 2 aliphatic carbocycles. The molecule has 2 heteroatoms. The zero-order chi connectivity index (χ0) is 31.5. The zero-order valence-corrected chi connectivity index (χ0v) is 28.9. The van der Waals surface area contributed by atoms with Gasteiger partial charge in [0.25, 0.3) is 0 Å². The molecule has 0 saturated heterocycles. The molecule has 1 unspecified atom stereocenters. The molecule has 0 nitrogen and oxygen atoms in total. The molecule has 0 radical (unpaired) electrons. The Balaban J connectivity index is 1.34. The Morgan fingerprint density at radius 1 is 0.717 bits per heavy atom. The lowest BCUT2D eigenvalue weighted by molar-refractivity contribution is 0.752. The Bertz CT molecular complexity index is 2360. The molecule has 46 heavy (non-hydrogen) atoms. The first-order valence-corrected chi connectivity index (χ1v) is 20.0. The molecule has 224 valence electrons. The van der Waals surface area contributed by atoms with E-state index in [1.165, 1.54) is 71.6 Å². The van der Waals surface area contributed by atoms with E-state index in [4.69, 9.17) is 11.6 Å². The second-order valence-corrected chi connectivity index (χ2v) is 19.1. The normalized spacial score (nSPS) is 17.5. The van der Waals surface area contributed by atoms with E-state index in [-0.39, 0.29) is 5.92 Å². The third kappa shape index (κ3) is 3.73. The van der Waals surface area contributed by atoms with Crippen molar-refractivity contribution in [2.45, 2.75) is 46.2 Å². The molecule has 0 N–H and O–H groups in total. The fraction of sp³-hybridized carbons (Fsp3) is 0.182. The first kappa shape index (κ1) is 28.1. The molecule has 2 bridgehead atoms. The lowest BCUT2D eigenvalue weighted by atomic mass is 9.83. The second-order valence-electron chi connectivity index (χ2n) is 14.4. The van der Waals surface area contributed by atoms with Crippen LogP contribution in [-0.2, 0) is 6.42 Å². The standard InChI is InChI=1S/C44H37ClSi/c1-25(2)35-23-29-24-37(44-42(40(29)43(35)46(44,4)5)34-19-11-15-28-13-7-9-17-31(28)34)39-26(3)22-36-33(20-21-38(45)41(36)39)32-18-10-14-27-12-6-8-16-30(27)32/h6-22,24-25,39H,23H2,1-5H3. The van der Waals surface area contributed by atoms with Crippen molar-refractivity contribution in [1.82, 2.24) is 0 Å². The summed E-state index contributed by atoms with van der Waals surface area (Å²) in [6, 6.07) is 38.2. The largest absolute Gasteiger partial charge is 0.114 e. The van der Waals surface area contributed by atoms with E-state index in [9.17, 15) is 0 Å². The van der Waals surface area contributed by atoms with E-state index in [1.54, 1.807) is 21.5 Å². The highest BCUT2D eigenvalue weighted by molar-refractivity contribution is 7.07. The third-order valence-electron chi connectivity index (χ3n) is 11.1. The van der Waals surface area contributed by atoms with E-state index in [0.717, 1.165) is 11.4 Å². The van der Waals surface area contributed by atoms with Crippen molar-refractivity contribution in [2.24, 2.45) is 5.92 Å². The first-order chi connectivity index (χ1) is 22.3. The minimum absolute atomic E-state index is 0.140. The van der Waals surface area contributed by atoms with Gasteiger partial charge in [0.2, 0.25) is 0 Å². The fourth-order valence-electron chi connectivity index (χ4n) is 9.28. The first-order valence-electron chi connectivity index (χ1n) is 16.7. The van der Waals surface area contributed by atoms with Crippen molar-refractivity contribution in [1.29, 1.82) is 0 Å². The van der Waals surface area contributed by atoms with Gasteiger partial charge in [0, 0.05) is 10.9 Å². The van der Waals surface area contributed by atoms with Crippen LogP contribution in [0.2, 0.25) is 18.1 Å². The maximum Gasteiger partial charge on any atom is 0.114 e. The Morgan fingerprint density at radius 2 is 1.35 bits per heavy atom. The predicted molar refractivity (Wildman–Crippen MR) is 202 cm³/mol. The SMILES string of the molecule is CC1=Cc2c(-c3cccc4ccccc34)ccc(Cl)c2C1c1cc2c3c(-c4cccc5ccccc45)c1[Si](C)(C)C3=C(C(C)C)C2. The van der Waals surface area contributed by atoms with E-state index < -0.39 is 8.07 Å². The summed E-state index contributed by atoms with van der Waals surface area (Å²) >= 11 is 7.29. The maximum absolute atomic E-state index is 7.29. The number of benzene rings is 6. The number of allylic oxidation sites excluding steroid dienone is 2. The monoisotopic (exact) mass is 628 g/mol. The van der Waals surface area contributed by atoms with Crippen molar-refractivity contribution in [3.8, 4) is 22.3 Å². The van der Waals surface area contributed by atoms with Gasteiger partial charge in [-0.2, -0.15) is 0 Å². The lowest BCUT2D eigenvalue weighted by Crippen LogP contribution is -2.43. The second kappa shape index (κ2) is 9.91. The summed E-state index contributed by atoms with van der Waals surface area (Å²) in [6.45, 7) is 12.3. The van der Waals surface area contributed by atoms with Gasteiger partial charge in [-0.15, -0.1) is 0 Å². The topological polar surface area (TPSA) is 0 Å². The highest BCUT2D eigenvalue weighted by atomic mass is 35.5. The van der Waals surface area contributed by atoms with Gasteiger partial charge in [-0.05, 0) is 107 Å². The van der Waals surface area contributed by atoms with E-state index in [1.807, 2.05) is 0 Å². The van der Waals surface area contributed by atoms with Crippen LogP contribution in [0.4, 0.5) is 0 Å². The van der Waals surface area contributed by atoms with Crippen LogP contribution in [0.1, 0.15) is 54.5 Å². The molecule has 0 aromatic heterocycles. The van der Waals surface area contributed by atoms with Crippen molar-refractivity contribution in [3.05, 3.63) is 147 Å². The minimum atomic E-state index is -2.07. The quantitative estimate of drug-likeness (QED) is 0.170. The van der Waals surface area contributed by atoms with Crippen molar-refractivity contribution < 1.29 is 0 Å². The summed E-state index contributed by atoms with van der Waals surface area (Å²) in [7, 11) is -2.07. The number of rotatable bonds is 4. The molecule has 0 amide bonds. The van der Waals surface area contributed by atoms with E-state index in [0.29, 0.717) is 5.92 Å². The van der Waals surface area contributed by atoms with Crippen LogP contribution in [0.3, 0.4) is 0 Å². The van der Waals surface area contributed by atoms with Crippen LogP contribution >= 0.6 is 11.6 Å². The zero-order valence-electron chi connectivity index (χ0n) is 27.1. The lowest BCUT2D eigenvalue weighted by Gasteiger charge is -2.29. The van der Waals surface area contributed by atoms with Crippen molar-refractivity contribution >= 4 is 57.7 Å². The summed E-state index contributed by atoms with van der Waals surface area (Å²) in [5.74, 6) is 0.685. The summed E-state index contributed by atoms with van der Waals surface area (Å²) < 4.78 is 0. The number of halogens is 1. The van der Waals surface area contributed by atoms with Gasteiger partial charge in [0.05, 0.1) is 0 Å². The van der Waals surface area contributed by atoms with Gasteiger partial charge >= 0.3 is 0 Å². The van der Waals surface area contributed by atoms with Gasteiger partial charge in [-0.25, -0.2) is 0 Å². The highest BCUT2D eigenvalue weighted by Gasteiger charge is 2.49.